The number of thiophene rings is 1. The fraction of sp³-hybridized carbons (Fsp3) is 0.650. The third kappa shape index (κ3) is 5.16. The molecule has 0 aromatic carbocycles. The van der Waals surface area contributed by atoms with Crippen molar-refractivity contribution in [3.8, 4) is 0 Å². The second-order valence-electron chi connectivity index (χ2n) is 8.31. The Morgan fingerprint density at radius 1 is 1.32 bits per heavy atom. The molecule has 0 aliphatic carbocycles. The van der Waals surface area contributed by atoms with Crippen molar-refractivity contribution in [2.24, 2.45) is 11.8 Å². The van der Waals surface area contributed by atoms with Crippen LogP contribution in [0.2, 0.25) is 0 Å². The molecule has 2 aromatic heterocycles. The number of aryl methyl sites for hydroxylation is 1. The highest BCUT2D eigenvalue weighted by atomic mass is 32.2. The summed E-state index contributed by atoms with van der Waals surface area (Å²) in [6, 6.07) is 0. The Kier molecular flexibility index (Phi) is 7.51. The predicted molar refractivity (Wildman–Crippen MR) is 120 cm³/mol. The normalized spacial score (nSPS) is 20.3. The molecule has 1 aliphatic rings. The van der Waals surface area contributed by atoms with Gasteiger partial charge in [0, 0.05) is 38.2 Å². The summed E-state index contributed by atoms with van der Waals surface area (Å²) >= 11 is 1.19. The molecule has 2 aromatic rings. The molecular weight excluding hydrogens is 440 g/mol. The molecule has 1 saturated heterocycles. The molecule has 2 atom stereocenters. The first-order chi connectivity index (χ1) is 14.6. The molecule has 1 amide bonds. The van der Waals surface area contributed by atoms with E-state index in [2.05, 4.69) is 10.3 Å². The van der Waals surface area contributed by atoms with Gasteiger partial charge in [-0.25, -0.2) is 13.4 Å². The Morgan fingerprint density at radius 3 is 2.65 bits per heavy atom. The highest BCUT2D eigenvalue weighted by molar-refractivity contribution is 7.89. The lowest BCUT2D eigenvalue weighted by Gasteiger charge is -2.34. The number of hydrogen-bond donors (Lipinski definition) is 1. The van der Waals surface area contributed by atoms with Gasteiger partial charge < -0.3 is 10.1 Å². The SMILES string of the molecule is COCCCNC(=O)Cn1cnc2sc(C)c(S(=O)(=O)N3C[C@H](C)C[C@H](C)C3)c2c1=O. The van der Waals surface area contributed by atoms with Crippen molar-refractivity contribution in [2.45, 2.75) is 45.1 Å². The zero-order chi connectivity index (χ0) is 22.8. The van der Waals surface area contributed by atoms with Crippen LogP contribution in [-0.4, -0.2) is 61.5 Å². The third-order valence-electron chi connectivity index (χ3n) is 5.39. The van der Waals surface area contributed by atoms with Crippen molar-refractivity contribution in [3.63, 3.8) is 0 Å². The lowest BCUT2D eigenvalue weighted by Crippen LogP contribution is -2.43. The van der Waals surface area contributed by atoms with Crippen LogP contribution in [-0.2, 0) is 26.1 Å². The van der Waals surface area contributed by atoms with Crippen LogP contribution in [0, 0.1) is 18.8 Å². The number of rotatable bonds is 8. The lowest BCUT2D eigenvalue weighted by molar-refractivity contribution is -0.121. The van der Waals surface area contributed by atoms with E-state index >= 15 is 0 Å². The molecule has 31 heavy (non-hydrogen) atoms. The van der Waals surface area contributed by atoms with E-state index in [1.807, 2.05) is 13.8 Å². The van der Waals surface area contributed by atoms with E-state index in [4.69, 9.17) is 4.74 Å². The van der Waals surface area contributed by atoms with Crippen LogP contribution in [0.1, 0.15) is 31.6 Å². The fourth-order valence-corrected chi connectivity index (χ4v) is 7.47. The summed E-state index contributed by atoms with van der Waals surface area (Å²) in [5.41, 5.74) is -0.516. The van der Waals surface area contributed by atoms with Gasteiger partial charge in [0.25, 0.3) is 5.56 Å². The number of carbonyl (C=O) groups excluding carboxylic acids is 1. The van der Waals surface area contributed by atoms with E-state index < -0.39 is 15.6 Å². The highest BCUT2D eigenvalue weighted by Crippen LogP contribution is 2.35. The second kappa shape index (κ2) is 9.76. The van der Waals surface area contributed by atoms with Crippen LogP contribution < -0.4 is 10.9 Å². The minimum atomic E-state index is -3.85. The molecule has 3 rings (SSSR count). The smallest absolute Gasteiger partial charge is 0.263 e. The zero-order valence-corrected chi connectivity index (χ0v) is 20.0. The second-order valence-corrected chi connectivity index (χ2v) is 11.4. The summed E-state index contributed by atoms with van der Waals surface area (Å²) in [6.45, 7) is 7.37. The third-order valence-corrected chi connectivity index (χ3v) is 8.54. The Hall–Kier alpha value is -1.82. The summed E-state index contributed by atoms with van der Waals surface area (Å²) in [4.78, 5) is 30.6. The molecular formula is C20H30N4O5S2. The Balaban J connectivity index is 1.94. The molecule has 0 saturated carbocycles. The van der Waals surface area contributed by atoms with Gasteiger partial charge in [-0.3, -0.25) is 14.2 Å². The topological polar surface area (TPSA) is 111 Å². The van der Waals surface area contributed by atoms with Gasteiger partial charge in [0.05, 0.1) is 11.7 Å². The van der Waals surface area contributed by atoms with Crippen molar-refractivity contribution in [1.29, 1.82) is 0 Å². The van der Waals surface area contributed by atoms with Gasteiger partial charge in [-0.05, 0) is 31.6 Å². The largest absolute Gasteiger partial charge is 0.385 e. The zero-order valence-electron chi connectivity index (χ0n) is 18.4. The highest BCUT2D eigenvalue weighted by Gasteiger charge is 2.35. The first-order valence-electron chi connectivity index (χ1n) is 10.4. The Labute approximate surface area is 186 Å². The van der Waals surface area contributed by atoms with Gasteiger partial charge in [0.15, 0.2) is 0 Å². The van der Waals surface area contributed by atoms with Gasteiger partial charge >= 0.3 is 0 Å². The number of ether oxygens (including phenoxy) is 1. The van der Waals surface area contributed by atoms with Crippen molar-refractivity contribution < 1.29 is 17.9 Å². The average molecular weight is 471 g/mol. The molecule has 0 spiro atoms. The number of sulfonamides is 1. The fourth-order valence-electron chi connectivity index (χ4n) is 4.12. The number of nitrogens with zero attached hydrogens (tertiary/aromatic N) is 3. The summed E-state index contributed by atoms with van der Waals surface area (Å²) in [5.74, 6) is 0.162. The predicted octanol–water partition coefficient (Wildman–Crippen LogP) is 1.59. The van der Waals surface area contributed by atoms with E-state index in [1.165, 1.54) is 26.5 Å². The number of hydrogen-bond acceptors (Lipinski definition) is 7. The standard InChI is InChI=1S/C20H30N4O5S2/c1-13-8-14(2)10-24(9-13)31(27,28)18-15(3)30-19-17(18)20(26)23(12-22-19)11-16(25)21-6-5-7-29-4/h12-14H,5-11H2,1-4H3,(H,21,25)/t13-,14+. The van der Waals surface area contributed by atoms with E-state index in [-0.39, 0.29) is 34.6 Å². The molecule has 1 aliphatic heterocycles. The summed E-state index contributed by atoms with van der Waals surface area (Å²) in [7, 11) is -2.27. The minimum Gasteiger partial charge on any atom is -0.385 e. The maximum absolute atomic E-state index is 13.5. The lowest BCUT2D eigenvalue weighted by atomic mass is 9.94. The minimum absolute atomic E-state index is 0.0288. The number of fused-ring (bicyclic) bond motifs is 1. The maximum atomic E-state index is 13.5. The van der Waals surface area contributed by atoms with Gasteiger partial charge in [-0.15, -0.1) is 11.3 Å². The van der Waals surface area contributed by atoms with Crippen molar-refractivity contribution in [3.05, 3.63) is 21.6 Å². The molecule has 1 fully saturated rings. The van der Waals surface area contributed by atoms with Crippen molar-refractivity contribution >= 4 is 37.5 Å². The van der Waals surface area contributed by atoms with E-state index in [0.29, 0.717) is 42.4 Å². The first-order valence-corrected chi connectivity index (χ1v) is 12.6. The Morgan fingerprint density at radius 2 is 2.00 bits per heavy atom. The number of aromatic nitrogens is 2. The van der Waals surface area contributed by atoms with Gasteiger partial charge in [0.1, 0.15) is 16.3 Å². The van der Waals surface area contributed by atoms with Crippen LogP contribution in [0.15, 0.2) is 16.0 Å². The van der Waals surface area contributed by atoms with E-state index in [1.54, 1.807) is 14.0 Å². The van der Waals surface area contributed by atoms with Gasteiger partial charge in [-0.1, -0.05) is 13.8 Å². The molecule has 1 N–H and O–H groups in total. The monoisotopic (exact) mass is 470 g/mol. The summed E-state index contributed by atoms with van der Waals surface area (Å²) < 4.78 is 34.7. The molecule has 0 unspecified atom stereocenters. The van der Waals surface area contributed by atoms with Crippen LogP contribution >= 0.6 is 11.3 Å². The van der Waals surface area contributed by atoms with Crippen molar-refractivity contribution in [1.82, 2.24) is 19.2 Å². The molecule has 11 heteroatoms. The quantitative estimate of drug-likeness (QED) is 0.587. The molecule has 3 heterocycles. The number of piperidine rings is 1. The van der Waals surface area contributed by atoms with Crippen molar-refractivity contribution in [2.75, 3.05) is 33.4 Å². The Bertz CT molecular complexity index is 1100. The molecule has 0 bridgehead atoms. The van der Waals surface area contributed by atoms with Crippen LogP contribution in [0.3, 0.4) is 0 Å². The van der Waals surface area contributed by atoms with Crippen LogP contribution in [0.4, 0.5) is 0 Å². The summed E-state index contributed by atoms with van der Waals surface area (Å²) in [6.07, 6.45) is 2.94. The van der Waals surface area contributed by atoms with Gasteiger partial charge in [0.2, 0.25) is 15.9 Å². The summed E-state index contributed by atoms with van der Waals surface area (Å²) in [5, 5.41) is 2.79. The van der Waals surface area contributed by atoms with E-state index in [9.17, 15) is 18.0 Å². The number of nitrogens with one attached hydrogen (secondary N) is 1. The number of amides is 1. The number of methoxy groups -OCH3 is 1. The average Bonchev–Trinajstić information content (AvgIpc) is 3.04. The number of carbonyl (C=O) groups is 1. The molecule has 0 radical (unpaired) electrons. The molecule has 9 nitrogen and oxygen atoms in total. The molecule has 172 valence electrons. The maximum Gasteiger partial charge on any atom is 0.263 e. The van der Waals surface area contributed by atoms with Gasteiger partial charge in [-0.2, -0.15) is 4.31 Å². The van der Waals surface area contributed by atoms with Crippen LogP contribution in [0.25, 0.3) is 10.2 Å². The first kappa shape index (κ1) is 23.8. The van der Waals surface area contributed by atoms with E-state index in [0.717, 1.165) is 6.42 Å². The van der Waals surface area contributed by atoms with Crippen LogP contribution in [0.5, 0.6) is 0 Å².